The van der Waals surface area contributed by atoms with Crippen LogP contribution in [0.1, 0.15) is 18.9 Å². The van der Waals surface area contributed by atoms with Crippen LogP contribution in [0.3, 0.4) is 0 Å². The lowest BCUT2D eigenvalue weighted by Gasteiger charge is -2.09. The fraction of sp³-hybridized carbons (Fsp3) is 0.462. The quantitative estimate of drug-likeness (QED) is 0.568. The van der Waals surface area contributed by atoms with Crippen molar-refractivity contribution < 1.29 is 9.53 Å². The first-order chi connectivity index (χ1) is 7.74. The average Bonchev–Trinajstić information content (AvgIpc) is 2.34. The van der Waals surface area contributed by atoms with Crippen LogP contribution >= 0.6 is 15.9 Å². The van der Waals surface area contributed by atoms with E-state index in [4.69, 9.17) is 4.74 Å². The van der Waals surface area contributed by atoms with Crippen LogP contribution in [0, 0.1) is 5.92 Å². The summed E-state index contributed by atoms with van der Waals surface area (Å²) in [6, 6.07) is 10.0. The maximum Gasteiger partial charge on any atom is 0.146 e. The highest BCUT2D eigenvalue weighted by Crippen LogP contribution is 2.07. The summed E-state index contributed by atoms with van der Waals surface area (Å²) in [5.41, 5.74) is 1.17. The lowest BCUT2D eigenvalue weighted by Crippen LogP contribution is -2.14. The summed E-state index contributed by atoms with van der Waals surface area (Å²) in [5.74, 6) is 0.318. The van der Waals surface area contributed by atoms with Gasteiger partial charge in [-0.2, -0.15) is 0 Å². The monoisotopic (exact) mass is 284 g/mol. The molecule has 0 saturated carbocycles. The van der Waals surface area contributed by atoms with Crippen molar-refractivity contribution in [2.45, 2.75) is 20.0 Å². The van der Waals surface area contributed by atoms with Crippen LogP contribution in [-0.2, 0) is 16.1 Å². The molecule has 1 aromatic carbocycles. The molecule has 0 N–H and O–H groups in total. The fourth-order valence-corrected chi connectivity index (χ4v) is 1.87. The number of carbonyl (C=O) groups excluding carboxylic acids is 1. The zero-order chi connectivity index (χ0) is 11.8. The van der Waals surface area contributed by atoms with Crippen LogP contribution in [0.15, 0.2) is 30.3 Å². The van der Waals surface area contributed by atoms with E-state index in [1.807, 2.05) is 37.3 Å². The minimum atomic E-state index is 0.0788. The van der Waals surface area contributed by atoms with Crippen molar-refractivity contribution in [3.05, 3.63) is 35.9 Å². The number of rotatable bonds is 7. The van der Waals surface area contributed by atoms with E-state index in [9.17, 15) is 4.79 Å². The van der Waals surface area contributed by atoms with E-state index in [-0.39, 0.29) is 11.7 Å². The summed E-state index contributed by atoms with van der Waals surface area (Å²) < 4.78 is 5.52. The molecule has 16 heavy (non-hydrogen) atoms. The van der Waals surface area contributed by atoms with Gasteiger partial charge in [-0.15, -0.1) is 0 Å². The van der Waals surface area contributed by atoms with E-state index >= 15 is 0 Å². The normalized spacial score (nSPS) is 12.4. The molecule has 0 aromatic heterocycles. The molecule has 0 aliphatic carbocycles. The van der Waals surface area contributed by atoms with Gasteiger partial charge in [0.05, 0.1) is 11.9 Å². The second kappa shape index (κ2) is 7.58. The summed E-state index contributed by atoms with van der Waals surface area (Å²) >= 11 is 3.17. The maximum atomic E-state index is 11.3. The van der Waals surface area contributed by atoms with Gasteiger partial charge in [-0.1, -0.05) is 53.2 Å². The van der Waals surface area contributed by atoms with Gasteiger partial charge in [0, 0.05) is 12.5 Å². The Balaban J connectivity index is 2.15. The number of alkyl halides is 1. The number of hydrogen-bond donors (Lipinski definition) is 0. The minimum absolute atomic E-state index is 0.0788. The predicted octanol–water partition coefficient (Wildman–Crippen LogP) is 3.19. The van der Waals surface area contributed by atoms with Crippen molar-refractivity contribution in [1.82, 2.24) is 0 Å². The molecule has 0 aliphatic heterocycles. The third-order valence-corrected chi connectivity index (χ3v) is 3.04. The molecule has 0 heterocycles. The molecule has 0 amide bonds. The highest BCUT2D eigenvalue weighted by atomic mass is 79.9. The maximum absolute atomic E-state index is 11.3. The Morgan fingerprint density at radius 2 is 2.06 bits per heavy atom. The average molecular weight is 285 g/mol. The zero-order valence-electron chi connectivity index (χ0n) is 9.49. The van der Waals surface area contributed by atoms with Crippen molar-refractivity contribution in [3.8, 4) is 0 Å². The number of ketones is 1. The lowest BCUT2D eigenvalue weighted by molar-refractivity contribution is -0.120. The number of Topliss-reactive ketones (excluding diaryl/α,β-unsaturated/α-hetero) is 1. The number of halogens is 1. The highest BCUT2D eigenvalue weighted by molar-refractivity contribution is 9.09. The van der Waals surface area contributed by atoms with Crippen molar-refractivity contribution in [3.63, 3.8) is 0 Å². The zero-order valence-corrected chi connectivity index (χ0v) is 11.1. The second-order valence-corrected chi connectivity index (χ2v) is 4.39. The van der Waals surface area contributed by atoms with Crippen molar-refractivity contribution >= 4 is 21.7 Å². The third-order valence-electron chi connectivity index (χ3n) is 2.49. The molecular weight excluding hydrogens is 268 g/mol. The molecule has 0 bridgehead atoms. The number of carbonyl (C=O) groups is 1. The molecule has 0 radical (unpaired) electrons. The minimum Gasteiger partial charge on any atom is -0.377 e. The Hall–Kier alpha value is -0.670. The number of hydrogen-bond acceptors (Lipinski definition) is 2. The van der Waals surface area contributed by atoms with Gasteiger partial charge < -0.3 is 4.74 Å². The molecule has 1 aromatic rings. The molecule has 88 valence electrons. The van der Waals surface area contributed by atoms with E-state index in [0.717, 1.165) is 6.42 Å². The number of ether oxygens (including phenoxy) is 1. The van der Waals surface area contributed by atoms with E-state index in [2.05, 4.69) is 15.9 Å². The van der Waals surface area contributed by atoms with Crippen LogP contribution in [0.5, 0.6) is 0 Å². The van der Waals surface area contributed by atoms with Crippen LogP contribution in [0.25, 0.3) is 0 Å². The van der Waals surface area contributed by atoms with Gasteiger partial charge in [-0.25, -0.2) is 0 Å². The molecular formula is C13H17BrO2. The summed E-state index contributed by atoms with van der Waals surface area (Å²) in [6.07, 6.45) is 0.789. The SMILES string of the molecule is C[C@@H](CCOCc1ccccc1)C(=O)CBr. The van der Waals surface area contributed by atoms with Gasteiger partial charge in [0.25, 0.3) is 0 Å². The first-order valence-corrected chi connectivity index (χ1v) is 6.56. The van der Waals surface area contributed by atoms with Gasteiger partial charge in [0.2, 0.25) is 0 Å². The first kappa shape index (κ1) is 13.4. The van der Waals surface area contributed by atoms with Crippen LogP contribution in [0.4, 0.5) is 0 Å². The Kier molecular flexibility index (Phi) is 6.34. The van der Waals surface area contributed by atoms with Crippen molar-refractivity contribution in [2.75, 3.05) is 11.9 Å². The topological polar surface area (TPSA) is 26.3 Å². The van der Waals surface area contributed by atoms with E-state index in [1.165, 1.54) is 5.56 Å². The number of benzene rings is 1. The van der Waals surface area contributed by atoms with Gasteiger partial charge in [0.1, 0.15) is 5.78 Å². The smallest absolute Gasteiger partial charge is 0.146 e. The second-order valence-electron chi connectivity index (χ2n) is 3.83. The molecule has 0 fully saturated rings. The van der Waals surface area contributed by atoms with Crippen LogP contribution in [0.2, 0.25) is 0 Å². The largest absolute Gasteiger partial charge is 0.377 e. The fourth-order valence-electron chi connectivity index (χ4n) is 1.32. The Morgan fingerprint density at radius 3 is 2.69 bits per heavy atom. The Labute approximate surface area is 105 Å². The summed E-state index contributed by atoms with van der Waals surface area (Å²) in [5, 5.41) is 0.437. The van der Waals surface area contributed by atoms with Gasteiger partial charge >= 0.3 is 0 Å². The van der Waals surface area contributed by atoms with Crippen LogP contribution in [-0.4, -0.2) is 17.7 Å². The van der Waals surface area contributed by atoms with E-state index in [0.29, 0.717) is 18.5 Å². The van der Waals surface area contributed by atoms with Gasteiger partial charge in [-0.3, -0.25) is 4.79 Å². The first-order valence-electron chi connectivity index (χ1n) is 5.44. The third kappa shape index (κ3) is 4.90. The van der Waals surface area contributed by atoms with E-state index < -0.39 is 0 Å². The lowest BCUT2D eigenvalue weighted by atomic mass is 10.1. The molecule has 0 spiro atoms. The highest BCUT2D eigenvalue weighted by Gasteiger charge is 2.10. The molecule has 1 atom stereocenters. The molecule has 3 heteroatoms. The Bertz CT molecular complexity index is 311. The summed E-state index contributed by atoms with van der Waals surface area (Å²) in [7, 11) is 0. The van der Waals surface area contributed by atoms with E-state index in [1.54, 1.807) is 0 Å². The summed E-state index contributed by atoms with van der Waals surface area (Å²) in [6.45, 7) is 3.19. The molecule has 0 saturated heterocycles. The van der Waals surface area contributed by atoms with Crippen molar-refractivity contribution in [1.29, 1.82) is 0 Å². The van der Waals surface area contributed by atoms with Gasteiger partial charge in [-0.05, 0) is 12.0 Å². The standard InChI is InChI=1S/C13H17BrO2/c1-11(13(15)9-14)7-8-16-10-12-5-3-2-4-6-12/h2-6,11H,7-10H2,1H3/t11-/m0/s1. The predicted molar refractivity (Wildman–Crippen MR) is 68.7 cm³/mol. The van der Waals surface area contributed by atoms with Crippen molar-refractivity contribution in [2.24, 2.45) is 5.92 Å². The molecule has 0 aliphatic rings. The molecule has 2 nitrogen and oxygen atoms in total. The Morgan fingerprint density at radius 1 is 1.38 bits per heavy atom. The van der Waals surface area contributed by atoms with Crippen LogP contribution < -0.4 is 0 Å². The van der Waals surface area contributed by atoms with Gasteiger partial charge in [0.15, 0.2) is 0 Å². The summed E-state index contributed by atoms with van der Waals surface area (Å²) in [4.78, 5) is 11.3. The molecule has 1 rings (SSSR count). The molecule has 0 unspecified atom stereocenters.